The van der Waals surface area contributed by atoms with E-state index in [9.17, 15) is 0 Å². The molecule has 3 nitrogen and oxygen atoms in total. The summed E-state index contributed by atoms with van der Waals surface area (Å²) >= 11 is 0. The molecule has 2 aromatic heterocycles. The van der Waals surface area contributed by atoms with Crippen LogP contribution in [0.15, 0.2) is 54.7 Å². The van der Waals surface area contributed by atoms with E-state index in [4.69, 9.17) is 9.72 Å². The molecule has 0 saturated heterocycles. The van der Waals surface area contributed by atoms with Gasteiger partial charge in [-0.25, -0.2) is 4.57 Å². The molecule has 0 amide bonds. The van der Waals surface area contributed by atoms with Crippen molar-refractivity contribution in [2.45, 2.75) is 54.4 Å². The number of aryl methyl sites for hydroxylation is 2. The van der Waals surface area contributed by atoms with Crippen LogP contribution in [0.2, 0.25) is 0 Å². The van der Waals surface area contributed by atoms with Gasteiger partial charge in [0.15, 0.2) is 6.20 Å². The Kier molecular flexibility index (Phi) is 5.12. The quantitative estimate of drug-likeness (QED) is 0.190. The van der Waals surface area contributed by atoms with Crippen molar-refractivity contribution in [3.05, 3.63) is 71.5 Å². The van der Waals surface area contributed by atoms with Gasteiger partial charge in [0.1, 0.15) is 18.5 Å². The van der Waals surface area contributed by atoms with Gasteiger partial charge in [-0.3, -0.25) is 4.98 Å². The summed E-state index contributed by atoms with van der Waals surface area (Å²) in [5.74, 6) is 2.49. The highest BCUT2D eigenvalue weighted by molar-refractivity contribution is 6.15. The van der Waals surface area contributed by atoms with Crippen molar-refractivity contribution in [2.24, 2.45) is 18.4 Å². The van der Waals surface area contributed by atoms with E-state index in [1.165, 1.54) is 49.3 Å². The standard InChI is InChI=1S/C33H35N2O/c1-19(2)16-21-12-13-24-25-14-15-35(7)31-29-20(3)22-10-8-9-11-23(22)26(18-33(4,5)6)32(29)36-28(30(25)31)17-27(24)34-21/h8-15,17,19H,16,18H2,1-7H3/q+1. The maximum atomic E-state index is 6.95. The minimum absolute atomic E-state index is 0.125. The molecule has 0 N–H and O–H groups in total. The number of rotatable bonds is 3. The zero-order valence-electron chi connectivity index (χ0n) is 22.5. The van der Waals surface area contributed by atoms with Gasteiger partial charge < -0.3 is 4.74 Å². The Bertz CT molecular complexity index is 1690. The molecule has 36 heavy (non-hydrogen) atoms. The van der Waals surface area contributed by atoms with Gasteiger partial charge in [-0.05, 0) is 53.5 Å². The van der Waals surface area contributed by atoms with E-state index < -0.39 is 0 Å². The molecule has 0 spiro atoms. The Morgan fingerprint density at radius 1 is 0.944 bits per heavy atom. The second kappa shape index (κ2) is 8.03. The molecule has 6 rings (SSSR count). The largest absolute Gasteiger partial charge is 0.455 e. The summed E-state index contributed by atoms with van der Waals surface area (Å²) in [6.07, 6.45) is 4.11. The molecule has 3 aromatic carbocycles. The fraction of sp³-hybridized carbons (Fsp3) is 0.333. The molecule has 1 aliphatic rings. The number of pyridine rings is 2. The van der Waals surface area contributed by atoms with Gasteiger partial charge in [-0.2, -0.15) is 0 Å². The van der Waals surface area contributed by atoms with Crippen molar-refractivity contribution in [3.63, 3.8) is 0 Å². The summed E-state index contributed by atoms with van der Waals surface area (Å²) in [4.78, 5) is 5.07. The van der Waals surface area contributed by atoms with E-state index in [0.717, 1.165) is 35.6 Å². The van der Waals surface area contributed by atoms with Gasteiger partial charge in [0.25, 0.3) is 0 Å². The van der Waals surface area contributed by atoms with E-state index in [-0.39, 0.29) is 5.41 Å². The van der Waals surface area contributed by atoms with Crippen molar-refractivity contribution >= 4 is 32.4 Å². The summed E-state index contributed by atoms with van der Waals surface area (Å²) in [7, 11) is 2.15. The van der Waals surface area contributed by atoms with Gasteiger partial charge in [0.05, 0.1) is 16.5 Å². The van der Waals surface area contributed by atoms with Crippen molar-refractivity contribution < 1.29 is 9.30 Å². The fourth-order valence-electron chi connectivity index (χ4n) is 5.95. The van der Waals surface area contributed by atoms with Crippen LogP contribution in [0.4, 0.5) is 0 Å². The Hall–Kier alpha value is -3.46. The summed E-state index contributed by atoms with van der Waals surface area (Å²) in [5.41, 5.74) is 7.29. The number of hydrogen-bond donors (Lipinski definition) is 0. The van der Waals surface area contributed by atoms with Gasteiger partial charge in [-0.15, -0.1) is 0 Å². The van der Waals surface area contributed by atoms with Crippen LogP contribution in [0.25, 0.3) is 43.7 Å². The number of hydrogen-bond acceptors (Lipinski definition) is 2. The highest BCUT2D eigenvalue weighted by atomic mass is 16.5. The molecule has 5 aromatic rings. The third-order valence-electron chi connectivity index (χ3n) is 7.42. The van der Waals surface area contributed by atoms with Crippen molar-refractivity contribution in [3.8, 4) is 22.8 Å². The van der Waals surface area contributed by atoms with Crippen LogP contribution in [0.1, 0.15) is 51.4 Å². The number of ether oxygens (including phenoxy) is 1. The molecular formula is C33H35N2O+. The Labute approximate surface area is 213 Å². The first kappa shape index (κ1) is 23.0. The van der Waals surface area contributed by atoms with Crippen molar-refractivity contribution in [2.75, 3.05) is 0 Å². The van der Waals surface area contributed by atoms with Gasteiger partial charge in [0, 0.05) is 34.2 Å². The van der Waals surface area contributed by atoms with Gasteiger partial charge in [-0.1, -0.05) is 65.0 Å². The lowest BCUT2D eigenvalue weighted by atomic mass is 9.81. The minimum Gasteiger partial charge on any atom is -0.455 e. The first-order valence-electron chi connectivity index (χ1n) is 13.1. The lowest BCUT2D eigenvalue weighted by molar-refractivity contribution is -0.659. The summed E-state index contributed by atoms with van der Waals surface area (Å²) in [6.45, 7) is 13.6. The van der Waals surface area contributed by atoms with Crippen LogP contribution in [-0.2, 0) is 19.9 Å². The number of fused-ring (bicyclic) bond motifs is 5. The van der Waals surface area contributed by atoms with Crippen molar-refractivity contribution in [1.29, 1.82) is 0 Å². The normalized spacial score (nSPS) is 13.0. The zero-order valence-corrected chi connectivity index (χ0v) is 22.5. The minimum atomic E-state index is 0.125. The van der Waals surface area contributed by atoms with Crippen LogP contribution < -0.4 is 9.30 Å². The molecule has 0 saturated carbocycles. The average molecular weight is 476 g/mol. The Morgan fingerprint density at radius 2 is 1.69 bits per heavy atom. The van der Waals surface area contributed by atoms with E-state index in [0.29, 0.717) is 5.92 Å². The highest BCUT2D eigenvalue weighted by Crippen LogP contribution is 2.52. The van der Waals surface area contributed by atoms with Gasteiger partial charge >= 0.3 is 0 Å². The molecule has 182 valence electrons. The number of benzene rings is 3. The second-order valence-corrected chi connectivity index (χ2v) is 12.1. The summed E-state index contributed by atoms with van der Waals surface area (Å²) in [6, 6.07) is 17.6. The first-order chi connectivity index (χ1) is 17.1. The maximum absolute atomic E-state index is 6.95. The molecule has 3 heterocycles. The molecule has 0 bridgehead atoms. The third kappa shape index (κ3) is 3.56. The molecule has 0 aliphatic carbocycles. The van der Waals surface area contributed by atoms with Crippen LogP contribution in [0, 0.1) is 18.3 Å². The second-order valence-electron chi connectivity index (χ2n) is 12.1. The number of aromatic nitrogens is 2. The molecule has 0 atom stereocenters. The molecule has 0 fully saturated rings. The average Bonchev–Trinajstić information content (AvgIpc) is 2.81. The Balaban J connectivity index is 1.73. The lowest BCUT2D eigenvalue weighted by Gasteiger charge is -2.28. The first-order valence-corrected chi connectivity index (χ1v) is 13.1. The third-order valence-corrected chi connectivity index (χ3v) is 7.42. The zero-order chi connectivity index (χ0) is 25.4. The summed E-state index contributed by atoms with van der Waals surface area (Å²) < 4.78 is 9.21. The van der Waals surface area contributed by atoms with Crippen LogP contribution in [0.3, 0.4) is 0 Å². The Morgan fingerprint density at radius 3 is 2.42 bits per heavy atom. The van der Waals surface area contributed by atoms with Crippen LogP contribution in [0.5, 0.6) is 11.5 Å². The maximum Gasteiger partial charge on any atom is 0.228 e. The monoisotopic (exact) mass is 475 g/mol. The predicted octanol–water partition coefficient (Wildman–Crippen LogP) is 8.23. The van der Waals surface area contributed by atoms with Gasteiger partial charge in [0.2, 0.25) is 5.69 Å². The van der Waals surface area contributed by atoms with E-state index in [1.807, 2.05) is 0 Å². The smallest absolute Gasteiger partial charge is 0.228 e. The molecule has 0 radical (unpaired) electrons. The molecule has 0 unspecified atom stereocenters. The molecule has 3 heteroatoms. The van der Waals surface area contributed by atoms with E-state index in [2.05, 4.69) is 108 Å². The SMILES string of the molecule is Cc1c2c(c(CC(C)(C)C)c3ccccc13)Oc1cc3nc(CC(C)C)ccc3c3cc[n+](C)c-2c13. The van der Waals surface area contributed by atoms with E-state index >= 15 is 0 Å². The number of nitrogens with zero attached hydrogens (tertiary/aromatic N) is 2. The van der Waals surface area contributed by atoms with E-state index in [1.54, 1.807) is 0 Å². The fourth-order valence-corrected chi connectivity index (χ4v) is 5.95. The lowest BCUT2D eigenvalue weighted by Crippen LogP contribution is -2.32. The molecule has 1 aliphatic heterocycles. The highest BCUT2D eigenvalue weighted by Gasteiger charge is 2.34. The topological polar surface area (TPSA) is 26.0 Å². The summed E-state index contributed by atoms with van der Waals surface area (Å²) in [5, 5.41) is 6.16. The van der Waals surface area contributed by atoms with Crippen molar-refractivity contribution in [1.82, 2.24) is 4.98 Å². The molecular weight excluding hydrogens is 440 g/mol. The predicted molar refractivity (Wildman–Crippen MR) is 150 cm³/mol. The van der Waals surface area contributed by atoms with Crippen LogP contribution >= 0.6 is 0 Å². The van der Waals surface area contributed by atoms with Crippen LogP contribution in [-0.4, -0.2) is 4.98 Å².